The first-order valence-corrected chi connectivity index (χ1v) is 8.65. The van der Waals surface area contributed by atoms with Gasteiger partial charge in [-0.3, -0.25) is 0 Å². The lowest BCUT2D eigenvalue weighted by atomic mass is 10.0. The van der Waals surface area contributed by atoms with Gasteiger partial charge in [-0.1, -0.05) is 18.5 Å². The predicted molar refractivity (Wildman–Crippen MR) is 105 cm³/mol. The third kappa shape index (κ3) is 5.95. The van der Waals surface area contributed by atoms with Crippen molar-refractivity contribution in [1.29, 1.82) is 0 Å². The van der Waals surface area contributed by atoms with Gasteiger partial charge in [0.15, 0.2) is 11.5 Å². The Balaban J connectivity index is 1.96. The second-order valence-corrected chi connectivity index (χ2v) is 6.08. The van der Waals surface area contributed by atoms with Gasteiger partial charge in [-0.25, -0.2) is 0 Å². The largest absolute Gasteiger partial charge is 0.493 e. The number of ether oxygens (including phenoxy) is 3. The highest BCUT2D eigenvalue weighted by atomic mass is 16.5. The fourth-order valence-corrected chi connectivity index (χ4v) is 2.38. The van der Waals surface area contributed by atoms with Crippen molar-refractivity contribution in [2.75, 3.05) is 20.8 Å². The molecule has 0 aliphatic carbocycles. The molecule has 4 nitrogen and oxygen atoms in total. The fraction of sp³-hybridized carbons (Fsp3) is 0.455. The Labute approximate surface area is 165 Å². The summed E-state index contributed by atoms with van der Waals surface area (Å²) in [5.41, 5.74) is 1.55. The number of aliphatic hydroxyl groups is 1. The van der Waals surface area contributed by atoms with E-state index in [9.17, 15) is 5.11 Å². The van der Waals surface area contributed by atoms with Crippen LogP contribution >= 0.6 is 0 Å². The average molecular weight is 365 g/mol. The molecule has 0 aliphatic rings. The molecule has 1 unspecified atom stereocenters. The number of rotatable bonds is 10. The van der Waals surface area contributed by atoms with E-state index in [4.69, 9.17) is 22.4 Å². The molecule has 0 fully saturated rings. The summed E-state index contributed by atoms with van der Waals surface area (Å²) in [7, 11) is 2.76. The van der Waals surface area contributed by atoms with Crippen LogP contribution < -0.4 is 14.2 Å². The lowest BCUT2D eigenvalue weighted by molar-refractivity contribution is 0.0976. The van der Waals surface area contributed by atoms with Gasteiger partial charge in [-0.05, 0) is 74.0 Å². The lowest BCUT2D eigenvalue weighted by Crippen LogP contribution is -2.17. The molecule has 2 rings (SSSR count). The molecule has 0 aromatic heterocycles. The summed E-state index contributed by atoms with van der Waals surface area (Å²) in [6.45, 7) is 3.30. The molecule has 0 saturated heterocycles. The van der Waals surface area contributed by atoms with Crippen LogP contribution in [-0.2, 0) is 6.42 Å². The molecule has 0 radical (unpaired) electrons. The Morgan fingerprint density at radius 3 is 2.46 bits per heavy atom. The Morgan fingerprint density at radius 2 is 1.73 bits per heavy atom. The van der Waals surface area contributed by atoms with Crippen LogP contribution in [0.5, 0.6) is 17.2 Å². The molecule has 0 amide bonds. The summed E-state index contributed by atoms with van der Waals surface area (Å²) in [6.07, 6.45) is 1.11. The van der Waals surface area contributed by atoms with E-state index in [0.717, 1.165) is 0 Å². The van der Waals surface area contributed by atoms with E-state index in [1.807, 2.05) is 0 Å². The number of hydrogen-bond donors (Lipinski definition) is 1. The van der Waals surface area contributed by atoms with Crippen molar-refractivity contribution >= 4 is 0 Å². The average Bonchev–Trinajstić information content (AvgIpc) is 2.77. The third-order valence-corrected chi connectivity index (χ3v) is 4.07. The second-order valence-electron chi connectivity index (χ2n) is 6.08. The van der Waals surface area contributed by atoms with Gasteiger partial charge in [-0.2, -0.15) is 0 Å². The molecular weight excluding hydrogens is 328 g/mol. The standard InChI is InChI=1S/C22H30O4/c1-16-9-11-20(13-17(16)2)26-15-19(23)8-6-5-7-18-10-12-21(24-3)22(14-18)25-4/h9-14,19,23H,5-8,15H2,1-4H3/i9D,10D,11D,12D,13D,14D. The van der Waals surface area contributed by atoms with Gasteiger partial charge in [0.1, 0.15) is 12.4 Å². The van der Waals surface area contributed by atoms with E-state index in [1.54, 1.807) is 13.8 Å². The number of methoxy groups -OCH3 is 2. The number of aliphatic hydroxyl groups excluding tert-OH is 1. The minimum Gasteiger partial charge on any atom is -0.493 e. The van der Waals surface area contributed by atoms with Gasteiger partial charge in [0, 0.05) is 0 Å². The van der Waals surface area contributed by atoms with E-state index in [2.05, 4.69) is 0 Å². The smallest absolute Gasteiger partial charge is 0.160 e. The highest BCUT2D eigenvalue weighted by Crippen LogP contribution is 2.28. The lowest BCUT2D eigenvalue weighted by Gasteiger charge is -2.13. The van der Waals surface area contributed by atoms with Crippen molar-refractivity contribution in [3.8, 4) is 17.2 Å². The topological polar surface area (TPSA) is 47.9 Å². The molecule has 2 aromatic rings. The quantitative estimate of drug-likeness (QED) is 0.632. The number of unbranched alkanes of at least 4 members (excludes halogenated alkanes) is 1. The SMILES string of the molecule is [2H]c1c([2H])c(OCC(O)CCCCc2c([2H])c([2H])c(OC)c(OC)c2[2H])c([2H])c(C)c1C. The van der Waals surface area contributed by atoms with Crippen LogP contribution in [-0.4, -0.2) is 32.0 Å². The molecule has 26 heavy (non-hydrogen) atoms. The molecule has 4 heteroatoms. The first-order chi connectivity index (χ1) is 15.1. The van der Waals surface area contributed by atoms with E-state index >= 15 is 0 Å². The van der Waals surface area contributed by atoms with Crippen LogP contribution in [0.3, 0.4) is 0 Å². The highest BCUT2D eigenvalue weighted by molar-refractivity contribution is 5.42. The van der Waals surface area contributed by atoms with Crippen molar-refractivity contribution in [3.63, 3.8) is 0 Å². The predicted octanol–water partition coefficient (Wildman–Crippen LogP) is 4.47. The van der Waals surface area contributed by atoms with Crippen molar-refractivity contribution in [2.24, 2.45) is 0 Å². The van der Waals surface area contributed by atoms with Crippen molar-refractivity contribution in [2.45, 2.75) is 45.6 Å². The molecule has 0 bridgehead atoms. The Bertz CT molecular complexity index is 951. The Morgan fingerprint density at radius 1 is 0.962 bits per heavy atom. The third-order valence-electron chi connectivity index (χ3n) is 4.07. The van der Waals surface area contributed by atoms with Crippen molar-refractivity contribution < 1.29 is 27.5 Å². The van der Waals surface area contributed by atoms with Crippen LogP contribution in [0.15, 0.2) is 36.3 Å². The molecular formula is C22H30O4. The fourth-order valence-electron chi connectivity index (χ4n) is 2.38. The van der Waals surface area contributed by atoms with Gasteiger partial charge < -0.3 is 19.3 Å². The summed E-state index contributed by atoms with van der Waals surface area (Å²) < 4.78 is 64.4. The van der Waals surface area contributed by atoms with Gasteiger partial charge >= 0.3 is 0 Å². The molecule has 0 spiro atoms. The maximum Gasteiger partial charge on any atom is 0.160 e. The molecule has 0 heterocycles. The number of benzene rings is 2. The summed E-state index contributed by atoms with van der Waals surface area (Å²) >= 11 is 0. The van der Waals surface area contributed by atoms with Gasteiger partial charge in [0.2, 0.25) is 0 Å². The van der Waals surface area contributed by atoms with Gasteiger partial charge in [0.05, 0.1) is 28.5 Å². The summed E-state index contributed by atoms with van der Waals surface area (Å²) in [6, 6.07) is -0.242. The van der Waals surface area contributed by atoms with Crippen LogP contribution in [0.4, 0.5) is 0 Å². The first-order valence-electron chi connectivity index (χ1n) is 11.6. The number of hydrogen-bond acceptors (Lipinski definition) is 4. The molecule has 0 saturated carbocycles. The molecule has 1 atom stereocenters. The zero-order chi connectivity index (χ0) is 24.2. The van der Waals surface area contributed by atoms with Crippen LogP contribution in [0.25, 0.3) is 0 Å². The van der Waals surface area contributed by atoms with Crippen molar-refractivity contribution in [1.82, 2.24) is 0 Å². The molecule has 0 aliphatic heterocycles. The first kappa shape index (κ1) is 13.0. The monoisotopic (exact) mass is 364 g/mol. The van der Waals surface area contributed by atoms with Gasteiger partial charge in [0.25, 0.3) is 0 Å². The minimum absolute atomic E-state index is 0.00292. The second kappa shape index (κ2) is 10.1. The summed E-state index contributed by atoms with van der Waals surface area (Å²) in [5, 5.41) is 10.3. The van der Waals surface area contributed by atoms with Crippen LogP contribution in [0.1, 0.15) is 44.2 Å². The minimum atomic E-state index is -0.826. The van der Waals surface area contributed by atoms with Crippen LogP contribution in [0, 0.1) is 13.8 Å². The van der Waals surface area contributed by atoms with E-state index in [-0.39, 0.29) is 60.1 Å². The van der Waals surface area contributed by atoms with Gasteiger partial charge in [-0.15, -0.1) is 0 Å². The summed E-state index contributed by atoms with van der Waals surface area (Å²) in [5.74, 6) is 0.211. The summed E-state index contributed by atoms with van der Waals surface area (Å²) in [4.78, 5) is 0. The van der Waals surface area contributed by atoms with E-state index in [1.165, 1.54) is 14.2 Å². The normalized spacial score (nSPS) is 15.1. The Hall–Kier alpha value is -2.20. The van der Waals surface area contributed by atoms with Crippen LogP contribution in [0.2, 0.25) is 0 Å². The molecule has 142 valence electrons. The maximum atomic E-state index is 10.3. The van der Waals surface area contributed by atoms with E-state index < -0.39 is 6.10 Å². The zero-order valence-electron chi connectivity index (χ0n) is 21.8. The zero-order valence-corrected chi connectivity index (χ0v) is 15.8. The maximum absolute atomic E-state index is 10.3. The Kier molecular flexibility index (Phi) is 5.05. The van der Waals surface area contributed by atoms with E-state index in [0.29, 0.717) is 42.4 Å². The highest BCUT2D eigenvalue weighted by Gasteiger charge is 2.07. The molecule has 2 aromatic carbocycles. The molecule has 1 N–H and O–H groups in total. The van der Waals surface area contributed by atoms with Crippen molar-refractivity contribution in [3.05, 3.63) is 52.9 Å².